The summed E-state index contributed by atoms with van der Waals surface area (Å²) in [6.07, 6.45) is 2.66. The number of nitrogens with zero attached hydrogens (tertiary/aromatic N) is 1. The molecule has 1 aromatic rings. The van der Waals surface area contributed by atoms with Gasteiger partial charge in [0.15, 0.2) is 0 Å². The van der Waals surface area contributed by atoms with E-state index in [1.807, 2.05) is 31.2 Å². The molecule has 1 heterocycles. The molecule has 1 aliphatic rings. The Balaban J connectivity index is 1.99. The molecular weight excluding hydrogens is 282 g/mol. The fourth-order valence-corrected chi connectivity index (χ4v) is 2.56. The van der Waals surface area contributed by atoms with Crippen molar-refractivity contribution in [3.63, 3.8) is 0 Å². The van der Waals surface area contributed by atoms with Gasteiger partial charge in [0.05, 0.1) is 13.0 Å². The van der Waals surface area contributed by atoms with E-state index in [1.165, 1.54) is 0 Å². The lowest BCUT2D eigenvalue weighted by Gasteiger charge is -2.29. The fraction of sp³-hybridized carbons (Fsp3) is 0.412. The minimum absolute atomic E-state index is 0.0582. The Morgan fingerprint density at radius 2 is 1.82 bits per heavy atom. The van der Waals surface area contributed by atoms with E-state index in [0.717, 1.165) is 16.9 Å². The minimum Gasteiger partial charge on any atom is -0.497 e. The molecule has 0 radical (unpaired) electrons. The van der Waals surface area contributed by atoms with Gasteiger partial charge in [0.25, 0.3) is 0 Å². The second kappa shape index (κ2) is 7.11. The molecule has 0 aliphatic carbocycles. The van der Waals surface area contributed by atoms with Gasteiger partial charge in [-0.15, -0.1) is 0 Å². The van der Waals surface area contributed by atoms with Gasteiger partial charge >= 0.3 is 5.97 Å². The number of piperidine rings is 1. The van der Waals surface area contributed by atoms with Gasteiger partial charge in [-0.3, -0.25) is 9.59 Å². The van der Waals surface area contributed by atoms with Gasteiger partial charge in [0.1, 0.15) is 5.75 Å². The molecule has 22 heavy (non-hydrogen) atoms. The van der Waals surface area contributed by atoms with Crippen molar-refractivity contribution in [3.8, 4) is 5.75 Å². The lowest BCUT2D eigenvalue weighted by Crippen LogP contribution is -2.39. The zero-order valence-corrected chi connectivity index (χ0v) is 12.9. The Labute approximate surface area is 130 Å². The maximum atomic E-state index is 12.3. The number of carbonyl (C=O) groups is 2. The van der Waals surface area contributed by atoms with Crippen LogP contribution in [0, 0.1) is 5.92 Å². The lowest BCUT2D eigenvalue weighted by atomic mass is 9.97. The summed E-state index contributed by atoms with van der Waals surface area (Å²) >= 11 is 0. The van der Waals surface area contributed by atoms with Gasteiger partial charge < -0.3 is 14.7 Å². The van der Waals surface area contributed by atoms with Crippen molar-refractivity contribution in [2.24, 2.45) is 5.92 Å². The van der Waals surface area contributed by atoms with E-state index in [0.29, 0.717) is 25.9 Å². The quantitative estimate of drug-likeness (QED) is 0.868. The predicted octanol–water partition coefficient (Wildman–Crippen LogP) is 2.42. The number of benzene rings is 1. The van der Waals surface area contributed by atoms with Crippen molar-refractivity contribution < 1.29 is 19.4 Å². The first-order valence-corrected chi connectivity index (χ1v) is 7.35. The number of likely N-dealkylation sites (tertiary alicyclic amines) is 1. The molecular formula is C17H21NO4. The molecule has 1 aromatic carbocycles. The van der Waals surface area contributed by atoms with E-state index in [1.54, 1.807) is 18.1 Å². The van der Waals surface area contributed by atoms with Crippen molar-refractivity contribution in [3.05, 3.63) is 35.9 Å². The van der Waals surface area contributed by atoms with E-state index in [9.17, 15) is 9.59 Å². The normalized spacial score (nSPS) is 16.5. The summed E-state index contributed by atoms with van der Waals surface area (Å²) in [6.45, 7) is 2.90. The van der Waals surface area contributed by atoms with E-state index >= 15 is 0 Å². The summed E-state index contributed by atoms with van der Waals surface area (Å²) < 4.78 is 5.11. The summed E-state index contributed by atoms with van der Waals surface area (Å²) in [4.78, 5) is 24.9. The highest BCUT2D eigenvalue weighted by Gasteiger charge is 2.26. The van der Waals surface area contributed by atoms with Crippen molar-refractivity contribution in [1.82, 2.24) is 4.90 Å². The maximum Gasteiger partial charge on any atom is 0.306 e. The van der Waals surface area contributed by atoms with Gasteiger partial charge in [-0.1, -0.05) is 12.1 Å². The number of ether oxygens (including phenoxy) is 1. The number of hydrogen-bond acceptors (Lipinski definition) is 3. The van der Waals surface area contributed by atoms with Gasteiger partial charge in [-0.2, -0.15) is 0 Å². The number of aliphatic carboxylic acids is 1. The van der Waals surface area contributed by atoms with Crippen LogP contribution >= 0.6 is 0 Å². The highest BCUT2D eigenvalue weighted by Crippen LogP contribution is 2.20. The number of rotatable bonds is 4. The Hall–Kier alpha value is -2.30. The standard InChI is InChI=1S/C17H21NO4/c1-12(13-3-5-15(22-2)6-4-13)11-16(19)18-9-7-14(8-10-18)17(20)21/h3-6,11,14H,7-10H2,1-2H3,(H,20,21)/b12-11+. The molecule has 5 heteroatoms. The number of carboxylic acid groups (broad SMARTS) is 1. The zero-order chi connectivity index (χ0) is 16.1. The molecule has 1 N–H and O–H groups in total. The summed E-state index contributed by atoms with van der Waals surface area (Å²) in [5.74, 6) is -0.372. The van der Waals surface area contributed by atoms with Crippen molar-refractivity contribution >= 4 is 17.4 Å². The van der Waals surface area contributed by atoms with Gasteiger partial charge in [-0.05, 0) is 43.0 Å². The van der Waals surface area contributed by atoms with Crippen molar-refractivity contribution in [2.75, 3.05) is 20.2 Å². The van der Waals surface area contributed by atoms with Crippen LogP contribution < -0.4 is 4.74 Å². The SMILES string of the molecule is COc1ccc(/C(C)=C/C(=O)N2CCC(C(=O)O)CC2)cc1. The molecule has 0 bridgehead atoms. The molecule has 0 aromatic heterocycles. The molecule has 1 saturated heterocycles. The smallest absolute Gasteiger partial charge is 0.306 e. The van der Waals surface area contributed by atoms with E-state index < -0.39 is 5.97 Å². The zero-order valence-electron chi connectivity index (χ0n) is 12.9. The first-order valence-electron chi connectivity index (χ1n) is 7.35. The first-order chi connectivity index (χ1) is 10.5. The van der Waals surface area contributed by atoms with Crippen LogP contribution in [-0.4, -0.2) is 42.1 Å². The lowest BCUT2D eigenvalue weighted by molar-refractivity contribution is -0.144. The molecule has 118 valence electrons. The van der Waals surface area contributed by atoms with Gasteiger partial charge in [0.2, 0.25) is 5.91 Å². The number of hydrogen-bond donors (Lipinski definition) is 1. The van der Waals surface area contributed by atoms with Crippen molar-refractivity contribution in [1.29, 1.82) is 0 Å². The number of carboxylic acids is 1. The Kier molecular flexibility index (Phi) is 5.20. The van der Waals surface area contributed by atoms with Crippen LogP contribution in [0.5, 0.6) is 5.75 Å². The highest BCUT2D eigenvalue weighted by molar-refractivity contribution is 5.95. The van der Waals surface area contributed by atoms with Crippen LogP contribution in [0.25, 0.3) is 5.57 Å². The van der Waals surface area contributed by atoms with Crippen LogP contribution in [0.2, 0.25) is 0 Å². The molecule has 2 rings (SSSR count). The monoisotopic (exact) mass is 303 g/mol. The largest absolute Gasteiger partial charge is 0.497 e. The minimum atomic E-state index is -0.767. The number of amides is 1. The molecule has 1 amide bonds. The van der Waals surface area contributed by atoms with Crippen LogP contribution in [-0.2, 0) is 9.59 Å². The number of carbonyl (C=O) groups excluding carboxylic acids is 1. The maximum absolute atomic E-state index is 12.3. The molecule has 0 saturated carbocycles. The van der Waals surface area contributed by atoms with Crippen LogP contribution in [0.1, 0.15) is 25.3 Å². The van der Waals surface area contributed by atoms with E-state index in [-0.39, 0.29) is 11.8 Å². The summed E-state index contributed by atoms with van der Waals surface area (Å²) in [6, 6.07) is 7.54. The fourth-order valence-electron chi connectivity index (χ4n) is 2.56. The second-order valence-electron chi connectivity index (χ2n) is 5.49. The average molecular weight is 303 g/mol. The van der Waals surface area contributed by atoms with Crippen LogP contribution in [0.4, 0.5) is 0 Å². The van der Waals surface area contributed by atoms with Crippen molar-refractivity contribution in [2.45, 2.75) is 19.8 Å². The first kappa shape index (κ1) is 16.1. The van der Waals surface area contributed by atoms with Gasteiger partial charge in [0, 0.05) is 19.2 Å². The predicted molar refractivity (Wildman–Crippen MR) is 83.6 cm³/mol. The molecule has 1 aliphatic heterocycles. The Bertz CT molecular complexity index is 569. The molecule has 0 spiro atoms. The van der Waals surface area contributed by atoms with Crippen LogP contribution in [0.15, 0.2) is 30.3 Å². The summed E-state index contributed by atoms with van der Waals surface area (Å²) in [7, 11) is 1.61. The third-order valence-corrected chi connectivity index (χ3v) is 4.04. The highest BCUT2D eigenvalue weighted by atomic mass is 16.5. The topological polar surface area (TPSA) is 66.8 Å². The Morgan fingerprint density at radius 3 is 2.32 bits per heavy atom. The number of allylic oxidation sites excluding steroid dienone is 1. The molecule has 1 fully saturated rings. The van der Waals surface area contributed by atoms with Crippen LogP contribution in [0.3, 0.4) is 0 Å². The molecule has 0 atom stereocenters. The summed E-state index contributed by atoms with van der Waals surface area (Å²) in [5.41, 5.74) is 1.85. The van der Waals surface area contributed by atoms with E-state index in [2.05, 4.69) is 0 Å². The Morgan fingerprint density at radius 1 is 1.23 bits per heavy atom. The average Bonchev–Trinajstić information content (AvgIpc) is 2.54. The van der Waals surface area contributed by atoms with Gasteiger partial charge in [-0.25, -0.2) is 0 Å². The van der Waals surface area contributed by atoms with E-state index in [4.69, 9.17) is 9.84 Å². The number of methoxy groups -OCH3 is 1. The third-order valence-electron chi connectivity index (χ3n) is 4.04. The molecule has 0 unspecified atom stereocenters. The second-order valence-corrected chi connectivity index (χ2v) is 5.49. The molecule has 5 nitrogen and oxygen atoms in total. The third kappa shape index (κ3) is 3.87. The summed E-state index contributed by atoms with van der Waals surface area (Å²) in [5, 5.41) is 8.97.